The molecule has 0 heterocycles. The van der Waals surface area contributed by atoms with Gasteiger partial charge in [-0.25, -0.2) is 8.42 Å². The van der Waals surface area contributed by atoms with Gasteiger partial charge >= 0.3 is 0 Å². The Balaban J connectivity index is 2.72. The first-order valence-electron chi connectivity index (χ1n) is 4.16. The number of hydrogen-bond donors (Lipinski definition) is 1. The van der Waals surface area contributed by atoms with Crippen LogP contribution in [0.25, 0.3) is 0 Å². The van der Waals surface area contributed by atoms with Gasteiger partial charge in [-0.05, 0) is 19.9 Å². The maximum atomic E-state index is 11.1. The Morgan fingerprint density at radius 3 is 2.33 bits per heavy atom. The molecule has 0 spiro atoms. The standard InChI is InChI=1S/C7H14ClNO2S/c1-9-6-4-2-3-5-7(6)12(8,10)11/h6-7,9H,2-5H2,1H3/t6-,7-/m1/s1. The topological polar surface area (TPSA) is 46.2 Å². The average Bonchev–Trinajstić information content (AvgIpc) is 2.03. The second-order valence-electron chi connectivity index (χ2n) is 3.19. The molecular weight excluding hydrogens is 198 g/mol. The minimum atomic E-state index is -3.38. The predicted octanol–water partition coefficient (Wildman–Crippen LogP) is 1.09. The van der Waals surface area contributed by atoms with Gasteiger partial charge in [0.1, 0.15) is 0 Å². The molecule has 0 aromatic carbocycles. The maximum Gasteiger partial charge on any atom is 0.236 e. The van der Waals surface area contributed by atoms with E-state index in [0.717, 1.165) is 19.3 Å². The van der Waals surface area contributed by atoms with Crippen LogP contribution in [-0.2, 0) is 9.05 Å². The van der Waals surface area contributed by atoms with Crippen LogP contribution < -0.4 is 5.32 Å². The number of nitrogens with one attached hydrogen (secondary N) is 1. The Labute approximate surface area is 77.9 Å². The lowest BCUT2D eigenvalue weighted by molar-refractivity contribution is 0.393. The molecule has 2 atom stereocenters. The molecule has 0 bridgehead atoms. The summed E-state index contributed by atoms with van der Waals surface area (Å²) in [5.74, 6) is 0. The zero-order valence-electron chi connectivity index (χ0n) is 7.09. The van der Waals surface area contributed by atoms with Gasteiger partial charge in [0.05, 0.1) is 5.25 Å². The highest BCUT2D eigenvalue weighted by Gasteiger charge is 2.33. The summed E-state index contributed by atoms with van der Waals surface area (Å²) in [4.78, 5) is 0. The highest BCUT2D eigenvalue weighted by atomic mass is 35.7. The summed E-state index contributed by atoms with van der Waals surface area (Å²) in [5.41, 5.74) is 0. The zero-order valence-corrected chi connectivity index (χ0v) is 8.66. The third kappa shape index (κ3) is 2.34. The van der Waals surface area contributed by atoms with Gasteiger partial charge in [-0.15, -0.1) is 0 Å². The van der Waals surface area contributed by atoms with Gasteiger partial charge in [0.15, 0.2) is 0 Å². The van der Waals surface area contributed by atoms with Crippen LogP contribution >= 0.6 is 10.7 Å². The first-order chi connectivity index (χ1) is 5.55. The van der Waals surface area contributed by atoms with Gasteiger partial charge in [0.25, 0.3) is 0 Å². The molecule has 0 unspecified atom stereocenters. The molecule has 1 aliphatic rings. The first kappa shape index (κ1) is 10.3. The Hall–Kier alpha value is 0.200. The fourth-order valence-electron chi connectivity index (χ4n) is 1.76. The van der Waals surface area contributed by atoms with E-state index >= 15 is 0 Å². The number of hydrogen-bond acceptors (Lipinski definition) is 3. The van der Waals surface area contributed by atoms with Crippen molar-refractivity contribution in [2.45, 2.75) is 37.0 Å². The van der Waals surface area contributed by atoms with Crippen molar-refractivity contribution in [3.05, 3.63) is 0 Å². The Bertz CT molecular complexity index is 240. The molecule has 0 amide bonds. The number of rotatable bonds is 2. The Kier molecular flexibility index (Phi) is 3.37. The van der Waals surface area contributed by atoms with Gasteiger partial charge < -0.3 is 5.32 Å². The fourth-order valence-corrected chi connectivity index (χ4v) is 3.52. The van der Waals surface area contributed by atoms with Crippen LogP contribution in [0.5, 0.6) is 0 Å². The Morgan fingerprint density at radius 1 is 1.33 bits per heavy atom. The molecule has 72 valence electrons. The SMILES string of the molecule is CN[C@@H]1CCCC[C@H]1S(=O)(=O)Cl. The third-order valence-electron chi connectivity index (χ3n) is 2.43. The summed E-state index contributed by atoms with van der Waals surface area (Å²) in [6, 6.07) is 0.0428. The predicted molar refractivity (Wildman–Crippen MR) is 49.9 cm³/mol. The monoisotopic (exact) mass is 211 g/mol. The molecule has 0 saturated heterocycles. The minimum absolute atomic E-state index is 0.0428. The summed E-state index contributed by atoms with van der Waals surface area (Å²) in [5, 5.41) is 2.61. The van der Waals surface area contributed by atoms with Crippen molar-refractivity contribution < 1.29 is 8.42 Å². The molecule has 0 radical (unpaired) electrons. The normalized spacial score (nSPS) is 31.8. The van der Waals surface area contributed by atoms with Crippen molar-refractivity contribution in [2.75, 3.05) is 7.05 Å². The quantitative estimate of drug-likeness (QED) is 0.696. The van der Waals surface area contributed by atoms with Gasteiger partial charge in [0.2, 0.25) is 9.05 Å². The largest absolute Gasteiger partial charge is 0.316 e. The van der Waals surface area contributed by atoms with Crippen molar-refractivity contribution in [3.8, 4) is 0 Å². The van der Waals surface area contributed by atoms with Gasteiger partial charge in [-0.2, -0.15) is 0 Å². The van der Waals surface area contributed by atoms with E-state index in [2.05, 4.69) is 5.32 Å². The third-order valence-corrected chi connectivity index (χ3v) is 4.41. The summed E-state index contributed by atoms with van der Waals surface area (Å²) in [6.45, 7) is 0. The summed E-state index contributed by atoms with van der Waals surface area (Å²) in [6.07, 6.45) is 3.66. The van der Waals surface area contributed by atoms with E-state index < -0.39 is 14.3 Å². The van der Waals surface area contributed by atoms with Crippen LogP contribution in [0.3, 0.4) is 0 Å². The van der Waals surface area contributed by atoms with E-state index in [4.69, 9.17) is 10.7 Å². The second-order valence-corrected chi connectivity index (χ2v) is 6.04. The zero-order chi connectivity index (χ0) is 9.19. The highest BCUT2D eigenvalue weighted by Crippen LogP contribution is 2.26. The van der Waals surface area contributed by atoms with Crippen LogP contribution in [0.1, 0.15) is 25.7 Å². The molecule has 3 nitrogen and oxygen atoms in total. The van der Waals surface area contributed by atoms with Crippen LogP contribution in [0.2, 0.25) is 0 Å². The van der Waals surface area contributed by atoms with Crippen molar-refractivity contribution in [1.82, 2.24) is 5.32 Å². The fraction of sp³-hybridized carbons (Fsp3) is 1.00. The van der Waals surface area contributed by atoms with E-state index in [-0.39, 0.29) is 6.04 Å². The number of halogens is 1. The van der Waals surface area contributed by atoms with Crippen LogP contribution in [0.15, 0.2) is 0 Å². The molecule has 0 aromatic heterocycles. The lowest BCUT2D eigenvalue weighted by atomic mass is 9.95. The molecule has 1 N–H and O–H groups in total. The minimum Gasteiger partial charge on any atom is -0.316 e. The molecule has 1 aliphatic carbocycles. The Morgan fingerprint density at radius 2 is 1.92 bits per heavy atom. The average molecular weight is 212 g/mol. The van der Waals surface area contributed by atoms with E-state index in [0.29, 0.717) is 6.42 Å². The lowest BCUT2D eigenvalue weighted by Gasteiger charge is -2.28. The first-order valence-corrected chi connectivity index (χ1v) is 6.53. The van der Waals surface area contributed by atoms with Crippen molar-refractivity contribution in [1.29, 1.82) is 0 Å². The van der Waals surface area contributed by atoms with E-state index in [1.165, 1.54) is 0 Å². The molecule has 1 fully saturated rings. The summed E-state index contributed by atoms with van der Waals surface area (Å²) in [7, 11) is 3.72. The van der Waals surface area contributed by atoms with Crippen LogP contribution in [-0.4, -0.2) is 26.8 Å². The van der Waals surface area contributed by atoms with E-state index in [1.807, 2.05) is 0 Å². The van der Waals surface area contributed by atoms with Gasteiger partial charge in [-0.1, -0.05) is 12.8 Å². The molecule has 1 saturated carbocycles. The maximum absolute atomic E-state index is 11.1. The summed E-state index contributed by atoms with van der Waals surface area (Å²) >= 11 is 0. The highest BCUT2D eigenvalue weighted by molar-refractivity contribution is 8.14. The van der Waals surface area contributed by atoms with Gasteiger partial charge in [-0.3, -0.25) is 0 Å². The molecule has 5 heteroatoms. The van der Waals surface area contributed by atoms with Crippen molar-refractivity contribution in [2.24, 2.45) is 0 Å². The molecule has 1 rings (SSSR count). The van der Waals surface area contributed by atoms with E-state index in [9.17, 15) is 8.42 Å². The molecule has 0 aromatic rings. The van der Waals surface area contributed by atoms with E-state index in [1.54, 1.807) is 7.05 Å². The second kappa shape index (κ2) is 3.94. The van der Waals surface area contributed by atoms with Crippen LogP contribution in [0.4, 0.5) is 0 Å². The van der Waals surface area contributed by atoms with Crippen molar-refractivity contribution in [3.63, 3.8) is 0 Å². The van der Waals surface area contributed by atoms with Crippen molar-refractivity contribution >= 4 is 19.7 Å². The summed E-state index contributed by atoms with van der Waals surface area (Å²) < 4.78 is 22.2. The molecule has 12 heavy (non-hydrogen) atoms. The smallest absolute Gasteiger partial charge is 0.236 e. The lowest BCUT2D eigenvalue weighted by Crippen LogP contribution is -2.43. The molecular formula is C7H14ClNO2S. The molecule has 0 aliphatic heterocycles. The van der Waals surface area contributed by atoms with Crippen LogP contribution in [0, 0.1) is 0 Å². The van der Waals surface area contributed by atoms with Gasteiger partial charge in [0, 0.05) is 16.7 Å².